The lowest BCUT2D eigenvalue weighted by Crippen LogP contribution is -2.01. The number of aromatic nitrogens is 3. The summed E-state index contributed by atoms with van der Waals surface area (Å²) >= 11 is 6.08. The van der Waals surface area contributed by atoms with E-state index < -0.39 is 6.10 Å². The lowest BCUT2D eigenvalue weighted by Gasteiger charge is -2.10. The first kappa shape index (κ1) is 11.1. The number of rotatable bonds is 2. The number of aryl methyl sites for hydroxylation is 2. The second-order valence-electron chi connectivity index (χ2n) is 3.60. The van der Waals surface area contributed by atoms with Gasteiger partial charge in [-0.3, -0.25) is 9.67 Å². The number of nitrogens with zero attached hydrogens (tertiary/aromatic N) is 3. The molecule has 4 nitrogen and oxygen atoms in total. The molecule has 0 fully saturated rings. The van der Waals surface area contributed by atoms with Crippen LogP contribution in [0, 0.1) is 6.92 Å². The van der Waals surface area contributed by atoms with E-state index in [1.54, 1.807) is 36.3 Å². The van der Waals surface area contributed by atoms with Gasteiger partial charge >= 0.3 is 0 Å². The van der Waals surface area contributed by atoms with E-state index in [0.717, 1.165) is 5.69 Å². The molecule has 0 saturated carbocycles. The Morgan fingerprint density at radius 1 is 1.50 bits per heavy atom. The minimum Gasteiger partial charge on any atom is -0.383 e. The standard InChI is InChI=1S/C11H12ClN3O/c1-7-9(11(12)15(2)14-7)10(16)8-4-3-5-13-6-8/h3-6,10,16H,1-2H3. The molecule has 1 atom stereocenters. The Morgan fingerprint density at radius 3 is 2.75 bits per heavy atom. The van der Waals surface area contributed by atoms with Gasteiger partial charge in [0.25, 0.3) is 0 Å². The summed E-state index contributed by atoms with van der Waals surface area (Å²) in [5.41, 5.74) is 2.07. The van der Waals surface area contributed by atoms with Crippen LogP contribution in [-0.2, 0) is 7.05 Å². The van der Waals surface area contributed by atoms with Crippen molar-refractivity contribution in [2.45, 2.75) is 13.0 Å². The molecule has 0 radical (unpaired) electrons. The molecular weight excluding hydrogens is 226 g/mol. The highest BCUT2D eigenvalue weighted by molar-refractivity contribution is 6.30. The van der Waals surface area contributed by atoms with Crippen molar-refractivity contribution in [2.24, 2.45) is 7.05 Å². The SMILES string of the molecule is Cc1nn(C)c(Cl)c1C(O)c1cccnc1. The van der Waals surface area contributed by atoms with E-state index in [-0.39, 0.29) is 0 Å². The van der Waals surface area contributed by atoms with E-state index >= 15 is 0 Å². The largest absolute Gasteiger partial charge is 0.383 e. The molecule has 16 heavy (non-hydrogen) atoms. The van der Waals surface area contributed by atoms with Gasteiger partial charge in [-0.25, -0.2) is 0 Å². The topological polar surface area (TPSA) is 50.9 Å². The van der Waals surface area contributed by atoms with Crippen molar-refractivity contribution in [3.8, 4) is 0 Å². The molecule has 1 N–H and O–H groups in total. The van der Waals surface area contributed by atoms with Crippen LogP contribution in [0.3, 0.4) is 0 Å². The van der Waals surface area contributed by atoms with Gasteiger partial charge < -0.3 is 5.11 Å². The summed E-state index contributed by atoms with van der Waals surface area (Å²) in [6, 6.07) is 3.58. The minimum absolute atomic E-state index is 0.453. The van der Waals surface area contributed by atoms with Gasteiger partial charge in [-0.05, 0) is 13.0 Å². The molecule has 2 aromatic heterocycles. The molecule has 2 rings (SSSR count). The van der Waals surface area contributed by atoms with Crippen LogP contribution >= 0.6 is 11.6 Å². The fourth-order valence-corrected chi connectivity index (χ4v) is 1.94. The number of aliphatic hydroxyl groups is 1. The average molecular weight is 238 g/mol. The van der Waals surface area contributed by atoms with Gasteiger partial charge in [0.2, 0.25) is 0 Å². The number of halogens is 1. The number of hydrogen-bond donors (Lipinski definition) is 1. The molecule has 2 aromatic rings. The third-order valence-electron chi connectivity index (χ3n) is 2.47. The Hall–Kier alpha value is -1.39. The van der Waals surface area contributed by atoms with E-state index in [1.807, 2.05) is 6.92 Å². The summed E-state index contributed by atoms with van der Waals surface area (Å²) in [5, 5.41) is 14.8. The second kappa shape index (κ2) is 4.23. The van der Waals surface area contributed by atoms with Crippen LogP contribution < -0.4 is 0 Å². The van der Waals surface area contributed by atoms with E-state index in [0.29, 0.717) is 16.3 Å². The van der Waals surface area contributed by atoms with E-state index in [4.69, 9.17) is 11.6 Å². The van der Waals surface area contributed by atoms with Crippen LogP contribution in [0.2, 0.25) is 5.15 Å². The van der Waals surface area contributed by atoms with Crippen molar-refractivity contribution in [3.63, 3.8) is 0 Å². The second-order valence-corrected chi connectivity index (χ2v) is 3.96. The molecule has 0 aliphatic heterocycles. The average Bonchev–Trinajstić information content (AvgIpc) is 2.54. The normalized spacial score (nSPS) is 12.8. The Balaban J connectivity index is 2.45. The van der Waals surface area contributed by atoms with E-state index in [9.17, 15) is 5.11 Å². The summed E-state index contributed by atoms with van der Waals surface area (Å²) in [6.07, 6.45) is 2.50. The van der Waals surface area contributed by atoms with Gasteiger partial charge in [0, 0.05) is 30.6 Å². The van der Waals surface area contributed by atoms with E-state index in [2.05, 4.69) is 10.1 Å². The number of aliphatic hydroxyl groups excluding tert-OH is 1. The Kier molecular flexibility index (Phi) is 2.94. The van der Waals surface area contributed by atoms with E-state index in [1.165, 1.54) is 0 Å². The van der Waals surface area contributed by atoms with Crippen LogP contribution in [0.4, 0.5) is 0 Å². The van der Waals surface area contributed by atoms with Gasteiger partial charge in [0.05, 0.1) is 5.69 Å². The number of pyridine rings is 1. The zero-order valence-corrected chi connectivity index (χ0v) is 9.81. The van der Waals surface area contributed by atoms with Crippen molar-refractivity contribution in [2.75, 3.05) is 0 Å². The van der Waals surface area contributed by atoms with Crippen LogP contribution in [-0.4, -0.2) is 19.9 Å². The lowest BCUT2D eigenvalue weighted by molar-refractivity contribution is 0.219. The van der Waals surface area contributed by atoms with Crippen molar-refractivity contribution in [1.29, 1.82) is 0 Å². The lowest BCUT2D eigenvalue weighted by atomic mass is 10.0. The molecule has 0 saturated heterocycles. The van der Waals surface area contributed by atoms with Crippen molar-refractivity contribution in [3.05, 3.63) is 46.5 Å². The third-order valence-corrected chi connectivity index (χ3v) is 2.92. The van der Waals surface area contributed by atoms with Gasteiger partial charge in [-0.1, -0.05) is 17.7 Å². The summed E-state index contributed by atoms with van der Waals surface area (Å²) in [5.74, 6) is 0. The van der Waals surface area contributed by atoms with Gasteiger partial charge in [-0.2, -0.15) is 5.10 Å². The predicted octanol–water partition coefficient (Wildman–Crippen LogP) is 1.86. The molecule has 2 heterocycles. The highest BCUT2D eigenvalue weighted by Gasteiger charge is 2.20. The highest BCUT2D eigenvalue weighted by atomic mass is 35.5. The summed E-state index contributed by atoms with van der Waals surface area (Å²) < 4.78 is 1.55. The molecule has 0 bridgehead atoms. The predicted molar refractivity (Wildman–Crippen MR) is 61.3 cm³/mol. The molecule has 5 heteroatoms. The third kappa shape index (κ3) is 1.81. The maximum atomic E-state index is 10.2. The van der Waals surface area contributed by atoms with Crippen LogP contribution in [0.25, 0.3) is 0 Å². The van der Waals surface area contributed by atoms with Crippen molar-refractivity contribution < 1.29 is 5.11 Å². The smallest absolute Gasteiger partial charge is 0.133 e. The molecule has 0 aromatic carbocycles. The van der Waals surface area contributed by atoms with Crippen molar-refractivity contribution in [1.82, 2.24) is 14.8 Å². The van der Waals surface area contributed by atoms with Gasteiger partial charge in [-0.15, -0.1) is 0 Å². The molecular formula is C11H12ClN3O. The Labute approximate surface area is 98.5 Å². The molecule has 0 aliphatic carbocycles. The van der Waals surface area contributed by atoms with Crippen molar-refractivity contribution >= 4 is 11.6 Å². The molecule has 84 valence electrons. The minimum atomic E-state index is -0.783. The Morgan fingerprint density at radius 2 is 2.25 bits per heavy atom. The first-order chi connectivity index (χ1) is 7.61. The molecule has 0 amide bonds. The van der Waals surface area contributed by atoms with Gasteiger partial charge in [0.1, 0.15) is 11.3 Å². The fourth-order valence-electron chi connectivity index (χ4n) is 1.66. The maximum Gasteiger partial charge on any atom is 0.133 e. The van der Waals surface area contributed by atoms with Crippen LogP contribution in [0.15, 0.2) is 24.5 Å². The summed E-state index contributed by atoms with van der Waals surface area (Å²) in [7, 11) is 1.74. The van der Waals surface area contributed by atoms with Crippen LogP contribution in [0.5, 0.6) is 0 Å². The fraction of sp³-hybridized carbons (Fsp3) is 0.273. The van der Waals surface area contributed by atoms with Gasteiger partial charge in [0.15, 0.2) is 0 Å². The zero-order valence-electron chi connectivity index (χ0n) is 9.05. The highest BCUT2D eigenvalue weighted by Crippen LogP contribution is 2.29. The number of hydrogen-bond acceptors (Lipinski definition) is 3. The molecule has 0 spiro atoms. The monoisotopic (exact) mass is 237 g/mol. The zero-order chi connectivity index (χ0) is 11.7. The Bertz CT molecular complexity index is 495. The first-order valence-electron chi connectivity index (χ1n) is 4.88. The quantitative estimate of drug-likeness (QED) is 0.868. The summed E-state index contributed by atoms with van der Waals surface area (Å²) in [4.78, 5) is 3.97. The summed E-state index contributed by atoms with van der Waals surface area (Å²) in [6.45, 7) is 1.82. The first-order valence-corrected chi connectivity index (χ1v) is 5.26. The molecule has 0 aliphatic rings. The molecule has 1 unspecified atom stereocenters. The van der Waals surface area contributed by atoms with Crippen LogP contribution in [0.1, 0.15) is 22.9 Å². The maximum absolute atomic E-state index is 10.2.